The molecule has 22 heavy (non-hydrogen) atoms. The van der Waals surface area contributed by atoms with Gasteiger partial charge in [0.1, 0.15) is 0 Å². The lowest BCUT2D eigenvalue weighted by Crippen LogP contribution is -2.30. The number of aromatic nitrogens is 1. The Morgan fingerprint density at radius 1 is 1.09 bits per heavy atom. The molecule has 0 spiro atoms. The molecule has 0 unspecified atom stereocenters. The van der Waals surface area contributed by atoms with Crippen LogP contribution >= 0.6 is 0 Å². The van der Waals surface area contributed by atoms with Crippen LogP contribution in [0.25, 0.3) is 10.8 Å². The Bertz CT molecular complexity index is 652. The molecule has 1 aromatic carbocycles. The summed E-state index contributed by atoms with van der Waals surface area (Å²) in [5, 5.41) is 2.78. The zero-order chi connectivity index (χ0) is 14.9. The second-order valence-corrected chi connectivity index (χ2v) is 7.33. The molecule has 2 fully saturated rings. The van der Waals surface area contributed by atoms with Gasteiger partial charge in [0.15, 0.2) is 0 Å². The van der Waals surface area contributed by atoms with E-state index in [1.54, 1.807) is 0 Å². The van der Waals surface area contributed by atoms with Crippen LogP contribution in [0, 0.1) is 5.92 Å². The first-order chi connectivity index (χ1) is 10.8. The third-order valence-electron chi connectivity index (χ3n) is 5.72. The molecule has 1 aliphatic carbocycles. The van der Waals surface area contributed by atoms with Crippen molar-refractivity contribution >= 4 is 10.8 Å². The van der Waals surface area contributed by atoms with Gasteiger partial charge in [-0.2, -0.15) is 0 Å². The lowest BCUT2D eigenvalue weighted by Gasteiger charge is -2.29. The fourth-order valence-corrected chi connectivity index (χ4v) is 3.97. The maximum atomic E-state index is 4.72. The van der Waals surface area contributed by atoms with Crippen LogP contribution in [0.15, 0.2) is 30.5 Å². The molecule has 0 atom stereocenters. The van der Waals surface area contributed by atoms with Gasteiger partial charge >= 0.3 is 0 Å². The second kappa shape index (κ2) is 6.00. The number of pyridine rings is 1. The summed E-state index contributed by atoms with van der Waals surface area (Å²) in [5.74, 6) is 1.57. The summed E-state index contributed by atoms with van der Waals surface area (Å²) in [6.45, 7) is 2.51. The molecule has 1 aromatic heterocycles. The van der Waals surface area contributed by atoms with E-state index in [2.05, 4.69) is 36.2 Å². The molecule has 2 aromatic rings. The zero-order valence-electron chi connectivity index (χ0n) is 13.6. The lowest BCUT2D eigenvalue weighted by atomic mass is 9.80. The number of nitrogens with zero attached hydrogens (tertiary/aromatic N) is 2. The summed E-state index contributed by atoms with van der Waals surface area (Å²) in [5.41, 5.74) is 2.87. The Morgan fingerprint density at radius 3 is 2.64 bits per heavy atom. The van der Waals surface area contributed by atoms with Crippen molar-refractivity contribution in [2.24, 2.45) is 5.92 Å². The van der Waals surface area contributed by atoms with Crippen molar-refractivity contribution in [2.45, 2.75) is 44.4 Å². The summed E-state index contributed by atoms with van der Waals surface area (Å²) in [6.07, 6.45) is 9.94. The van der Waals surface area contributed by atoms with Crippen molar-refractivity contribution in [3.05, 3.63) is 41.7 Å². The van der Waals surface area contributed by atoms with Gasteiger partial charge in [-0.1, -0.05) is 18.6 Å². The van der Waals surface area contributed by atoms with Crippen LogP contribution in [0.3, 0.4) is 0 Å². The number of likely N-dealkylation sites (tertiary alicyclic amines) is 1. The molecule has 2 heterocycles. The zero-order valence-corrected chi connectivity index (χ0v) is 13.6. The van der Waals surface area contributed by atoms with Gasteiger partial charge in [0.05, 0.1) is 5.69 Å². The molecule has 116 valence electrons. The number of fused-ring (bicyclic) bond motifs is 1. The van der Waals surface area contributed by atoms with E-state index in [9.17, 15) is 0 Å². The van der Waals surface area contributed by atoms with Gasteiger partial charge in [0.25, 0.3) is 0 Å². The highest BCUT2D eigenvalue weighted by atomic mass is 15.1. The van der Waals surface area contributed by atoms with Gasteiger partial charge in [-0.05, 0) is 81.2 Å². The molecule has 2 heteroatoms. The van der Waals surface area contributed by atoms with Crippen molar-refractivity contribution in [1.29, 1.82) is 0 Å². The quantitative estimate of drug-likeness (QED) is 0.835. The maximum Gasteiger partial charge on any atom is 0.0512 e. The number of hydrogen-bond donors (Lipinski definition) is 0. The van der Waals surface area contributed by atoms with Crippen molar-refractivity contribution < 1.29 is 0 Å². The first-order valence-electron chi connectivity index (χ1n) is 8.85. The number of piperidine rings is 1. The predicted octanol–water partition coefficient (Wildman–Crippen LogP) is 4.39. The summed E-state index contributed by atoms with van der Waals surface area (Å²) < 4.78 is 0. The fourth-order valence-electron chi connectivity index (χ4n) is 3.97. The highest BCUT2D eigenvalue weighted by molar-refractivity contribution is 5.85. The number of hydrogen-bond acceptors (Lipinski definition) is 2. The minimum atomic E-state index is 0.710. The summed E-state index contributed by atoms with van der Waals surface area (Å²) in [7, 11) is 2.24. The van der Waals surface area contributed by atoms with E-state index in [-0.39, 0.29) is 0 Å². The van der Waals surface area contributed by atoms with E-state index in [1.165, 1.54) is 73.6 Å². The molecule has 2 nitrogen and oxygen atoms in total. The topological polar surface area (TPSA) is 16.1 Å². The van der Waals surface area contributed by atoms with Crippen LogP contribution in [0.4, 0.5) is 0 Å². The standard InChI is InChI=1S/C20H26N2/c1-22-11-8-15(9-12-22)13-16-5-6-17-7-10-21-20(19(17)14-16)18-3-2-4-18/h5-7,10,14-15,18H,2-4,8-9,11-13H2,1H3. The van der Waals surface area contributed by atoms with E-state index < -0.39 is 0 Å². The van der Waals surface area contributed by atoms with E-state index in [0.717, 1.165) is 5.92 Å². The van der Waals surface area contributed by atoms with Crippen LogP contribution in [-0.2, 0) is 6.42 Å². The summed E-state index contributed by atoms with van der Waals surface area (Å²) >= 11 is 0. The highest BCUT2D eigenvalue weighted by Crippen LogP contribution is 2.38. The monoisotopic (exact) mass is 294 g/mol. The fraction of sp³-hybridized carbons (Fsp3) is 0.550. The molecule has 0 radical (unpaired) electrons. The number of benzene rings is 1. The molecule has 1 saturated heterocycles. The van der Waals surface area contributed by atoms with Gasteiger partial charge in [-0.25, -0.2) is 0 Å². The Morgan fingerprint density at radius 2 is 1.91 bits per heavy atom. The van der Waals surface area contributed by atoms with E-state index in [0.29, 0.717) is 5.92 Å². The Hall–Kier alpha value is -1.41. The van der Waals surface area contributed by atoms with Gasteiger partial charge in [0.2, 0.25) is 0 Å². The maximum absolute atomic E-state index is 4.72. The Kier molecular flexibility index (Phi) is 3.87. The normalized spacial score (nSPS) is 21.1. The van der Waals surface area contributed by atoms with Crippen LogP contribution in [-0.4, -0.2) is 30.0 Å². The van der Waals surface area contributed by atoms with E-state index in [1.807, 2.05) is 6.20 Å². The molecule has 1 saturated carbocycles. The minimum absolute atomic E-state index is 0.710. The highest BCUT2D eigenvalue weighted by Gasteiger charge is 2.23. The molecular formula is C20H26N2. The Balaban J connectivity index is 1.59. The van der Waals surface area contributed by atoms with Crippen molar-refractivity contribution in [3.8, 4) is 0 Å². The first-order valence-corrected chi connectivity index (χ1v) is 8.85. The van der Waals surface area contributed by atoms with E-state index >= 15 is 0 Å². The molecule has 1 aliphatic heterocycles. The Labute approximate surface area is 133 Å². The third kappa shape index (κ3) is 2.77. The van der Waals surface area contributed by atoms with Crippen LogP contribution in [0.1, 0.15) is 49.3 Å². The predicted molar refractivity (Wildman–Crippen MR) is 92.3 cm³/mol. The van der Waals surface area contributed by atoms with Gasteiger partial charge in [0, 0.05) is 17.5 Å². The van der Waals surface area contributed by atoms with Crippen molar-refractivity contribution in [3.63, 3.8) is 0 Å². The van der Waals surface area contributed by atoms with Crippen LogP contribution < -0.4 is 0 Å². The van der Waals surface area contributed by atoms with Gasteiger partial charge in [-0.3, -0.25) is 4.98 Å². The SMILES string of the molecule is CN1CCC(Cc2ccc3ccnc(C4CCC4)c3c2)CC1. The molecule has 2 aliphatic rings. The first kappa shape index (κ1) is 14.2. The largest absolute Gasteiger partial charge is 0.306 e. The average Bonchev–Trinajstić information content (AvgIpc) is 2.48. The second-order valence-electron chi connectivity index (χ2n) is 7.33. The molecule has 4 rings (SSSR count). The smallest absolute Gasteiger partial charge is 0.0512 e. The van der Waals surface area contributed by atoms with Crippen LogP contribution in [0.5, 0.6) is 0 Å². The summed E-state index contributed by atoms with van der Waals surface area (Å²) in [6, 6.07) is 9.25. The molecule has 0 N–H and O–H groups in total. The lowest BCUT2D eigenvalue weighted by molar-refractivity contribution is 0.219. The third-order valence-corrected chi connectivity index (χ3v) is 5.72. The molecular weight excluding hydrogens is 268 g/mol. The molecule has 0 amide bonds. The molecule has 0 bridgehead atoms. The number of rotatable bonds is 3. The van der Waals surface area contributed by atoms with Crippen molar-refractivity contribution in [1.82, 2.24) is 9.88 Å². The van der Waals surface area contributed by atoms with E-state index in [4.69, 9.17) is 4.98 Å². The summed E-state index contributed by atoms with van der Waals surface area (Å²) in [4.78, 5) is 7.17. The van der Waals surface area contributed by atoms with Gasteiger partial charge < -0.3 is 4.90 Å². The van der Waals surface area contributed by atoms with Crippen molar-refractivity contribution in [2.75, 3.05) is 20.1 Å². The minimum Gasteiger partial charge on any atom is -0.306 e. The average molecular weight is 294 g/mol. The van der Waals surface area contributed by atoms with Crippen LogP contribution in [0.2, 0.25) is 0 Å². The van der Waals surface area contributed by atoms with Gasteiger partial charge in [-0.15, -0.1) is 0 Å².